The molecule has 0 aromatic heterocycles. The van der Waals surface area contributed by atoms with Crippen LogP contribution in [0.2, 0.25) is 0 Å². The van der Waals surface area contributed by atoms with Crippen LogP contribution in [-0.4, -0.2) is 68.6 Å². The number of ether oxygens (including phenoxy) is 1. The van der Waals surface area contributed by atoms with E-state index in [-0.39, 0.29) is 18.3 Å². The number of halogens is 1. The Labute approximate surface area is 145 Å². The largest absolute Gasteiger partial charge is 0.492 e. The van der Waals surface area contributed by atoms with E-state index in [1.165, 1.54) is 5.56 Å². The van der Waals surface area contributed by atoms with Gasteiger partial charge in [-0.05, 0) is 38.1 Å². The fourth-order valence-electron chi connectivity index (χ4n) is 2.50. The number of hydrogen-bond donors (Lipinski definition) is 1. The van der Waals surface area contributed by atoms with E-state index < -0.39 is 0 Å². The van der Waals surface area contributed by atoms with Crippen LogP contribution < -0.4 is 10.1 Å². The van der Waals surface area contributed by atoms with Crippen LogP contribution in [0.15, 0.2) is 18.2 Å². The summed E-state index contributed by atoms with van der Waals surface area (Å²) in [6, 6.07) is 6.21. The summed E-state index contributed by atoms with van der Waals surface area (Å²) in [6.45, 7) is 9.31. The Bertz CT molecular complexity index is 505. The van der Waals surface area contributed by atoms with E-state index >= 15 is 0 Å². The third-order valence-electron chi connectivity index (χ3n) is 3.95. The monoisotopic (exact) mass is 341 g/mol. The highest BCUT2D eigenvalue weighted by Crippen LogP contribution is 2.18. The lowest BCUT2D eigenvalue weighted by atomic mass is 10.1. The second-order valence-corrected chi connectivity index (χ2v) is 5.99. The fraction of sp³-hybridized carbons (Fsp3) is 0.588. The average Bonchev–Trinajstić information content (AvgIpc) is 2.51. The Morgan fingerprint density at radius 1 is 1.30 bits per heavy atom. The molecule has 1 aliphatic heterocycles. The molecule has 1 saturated heterocycles. The summed E-state index contributed by atoms with van der Waals surface area (Å²) >= 11 is 0. The van der Waals surface area contributed by atoms with Crippen LogP contribution in [0, 0.1) is 13.8 Å². The number of likely N-dealkylation sites (N-methyl/N-ethyl adjacent to an activating group) is 1. The summed E-state index contributed by atoms with van der Waals surface area (Å²) < 4.78 is 5.84. The topological polar surface area (TPSA) is 44.8 Å². The van der Waals surface area contributed by atoms with Crippen molar-refractivity contribution < 1.29 is 9.53 Å². The van der Waals surface area contributed by atoms with E-state index in [1.807, 2.05) is 23.8 Å². The van der Waals surface area contributed by atoms with Gasteiger partial charge >= 0.3 is 0 Å². The smallest absolute Gasteiger partial charge is 0.236 e. The molecular formula is C17H28ClN3O2. The van der Waals surface area contributed by atoms with Gasteiger partial charge in [0.15, 0.2) is 0 Å². The van der Waals surface area contributed by atoms with Crippen molar-refractivity contribution in [3.8, 4) is 5.75 Å². The number of carbonyl (C=O) groups excluding carboxylic acids is 1. The van der Waals surface area contributed by atoms with Crippen LogP contribution in [0.3, 0.4) is 0 Å². The Hall–Kier alpha value is -1.30. The van der Waals surface area contributed by atoms with Gasteiger partial charge in [-0.25, -0.2) is 0 Å². The lowest BCUT2D eigenvalue weighted by molar-refractivity contribution is -0.132. The summed E-state index contributed by atoms with van der Waals surface area (Å²) in [5.41, 5.74) is 2.34. The van der Waals surface area contributed by atoms with Crippen LogP contribution in [0.1, 0.15) is 11.1 Å². The highest BCUT2D eigenvalue weighted by molar-refractivity contribution is 5.85. The first-order valence-corrected chi connectivity index (χ1v) is 7.93. The van der Waals surface area contributed by atoms with Crippen LogP contribution >= 0.6 is 12.4 Å². The predicted molar refractivity (Wildman–Crippen MR) is 95.6 cm³/mol. The first-order valence-electron chi connectivity index (χ1n) is 7.93. The molecule has 0 bridgehead atoms. The van der Waals surface area contributed by atoms with Crippen molar-refractivity contribution in [1.29, 1.82) is 0 Å². The van der Waals surface area contributed by atoms with Gasteiger partial charge in [0.1, 0.15) is 12.4 Å². The number of nitrogens with zero attached hydrogens (tertiary/aromatic N) is 2. The minimum Gasteiger partial charge on any atom is -0.492 e. The van der Waals surface area contributed by atoms with Crippen molar-refractivity contribution >= 4 is 18.3 Å². The molecule has 0 radical (unpaired) electrons. The molecule has 1 aliphatic rings. The van der Waals surface area contributed by atoms with Crippen LogP contribution in [0.5, 0.6) is 5.75 Å². The minimum atomic E-state index is 0. The Balaban J connectivity index is 0.00000264. The van der Waals surface area contributed by atoms with Gasteiger partial charge in [0.05, 0.1) is 6.54 Å². The number of benzene rings is 1. The zero-order chi connectivity index (χ0) is 15.9. The van der Waals surface area contributed by atoms with Crippen molar-refractivity contribution in [2.24, 2.45) is 0 Å². The minimum absolute atomic E-state index is 0. The molecule has 1 N–H and O–H groups in total. The molecule has 1 amide bonds. The molecule has 0 unspecified atom stereocenters. The van der Waals surface area contributed by atoms with E-state index in [0.717, 1.165) is 44.0 Å². The Morgan fingerprint density at radius 3 is 2.70 bits per heavy atom. The fourth-order valence-corrected chi connectivity index (χ4v) is 2.50. The second kappa shape index (κ2) is 9.75. The number of hydrogen-bond acceptors (Lipinski definition) is 4. The van der Waals surface area contributed by atoms with Crippen LogP contribution in [0.25, 0.3) is 0 Å². The molecule has 1 aromatic rings. The molecule has 2 rings (SSSR count). The zero-order valence-electron chi connectivity index (χ0n) is 14.3. The molecule has 0 aliphatic carbocycles. The van der Waals surface area contributed by atoms with Gasteiger partial charge in [0.25, 0.3) is 0 Å². The lowest BCUT2D eigenvalue weighted by Gasteiger charge is -2.29. The Morgan fingerprint density at radius 2 is 2.00 bits per heavy atom. The molecule has 6 heteroatoms. The first kappa shape index (κ1) is 19.7. The second-order valence-electron chi connectivity index (χ2n) is 5.99. The van der Waals surface area contributed by atoms with E-state index in [4.69, 9.17) is 4.74 Å². The zero-order valence-corrected chi connectivity index (χ0v) is 15.1. The van der Waals surface area contributed by atoms with E-state index in [1.54, 1.807) is 0 Å². The SMILES string of the molecule is Cc1ccc(C)c(OCCN(C)CC(=O)N2CCNCC2)c1.Cl. The number of piperazine rings is 1. The van der Waals surface area contributed by atoms with E-state index in [2.05, 4.69) is 30.4 Å². The highest BCUT2D eigenvalue weighted by Gasteiger charge is 2.17. The first-order chi connectivity index (χ1) is 10.6. The number of nitrogens with one attached hydrogen (secondary N) is 1. The van der Waals surface area contributed by atoms with Crippen molar-refractivity contribution in [1.82, 2.24) is 15.1 Å². The van der Waals surface area contributed by atoms with Crippen molar-refractivity contribution in [2.45, 2.75) is 13.8 Å². The van der Waals surface area contributed by atoms with Crippen LogP contribution in [-0.2, 0) is 4.79 Å². The lowest BCUT2D eigenvalue weighted by Crippen LogP contribution is -2.49. The summed E-state index contributed by atoms with van der Waals surface area (Å²) in [7, 11) is 1.96. The van der Waals surface area contributed by atoms with E-state index in [0.29, 0.717) is 13.2 Å². The average molecular weight is 342 g/mol. The molecule has 23 heavy (non-hydrogen) atoms. The maximum atomic E-state index is 12.2. The Kier molecular flexibility index (Phi) is 8.37. The van der Waals surface area contributed by atoms with Gasteiger partial charge in [-0.1, -0.05) is 12.1 Å². The maximum absolute atomic E-state index is 12.2. The molecule has 130 valence electrons. The molecule has 0 saturated carbocycles. The molecule has 1 aromatic carbocycles. The van der Waals surface area contributed by atoms with Gasteiger partial charge in [-0.3, -0.25) is 9.69 Å². The number of amides is 1. The normalized spacial score (nSPS) is 14.5. The van der Waals surface area contributed by atoms with Crippen molar-refractivity contribution in [2.75, 3.05) is 52.9 Å². The molecule has 1 heterocycles. The predicted octanol–water partition coefficient (Wildman–Crippen LogP) is 1.47. The summed E-state index contributed by atoms with van der Waals surface area (Å²) in [6.07, 6.45) is 0. The maximum Gasteiger partial charge on any atom is 0.236 e. The summed E-state index contributed by atoms with van der Waals surface area (Å²) in [4.78, 5) is 16.1. The third kappa shape index (κ3) is 6.37. The van der Waals surface area contributed by atoms with Crippen LogP contribution in [0.4, 0.5) is 0 Å². The quantitative estimate of drug-likeness (QED) is 0.851. The summed E-state index contributed by atoms with van der Waals surface area (Å²) in [5, 5.41) is 3.26. The number of rotatable bonds is 6. The molecule has 0 atom stereocenters. The van der Waals surface area contributed by atoms with E-state index in [9.17, 15) is 4.79 Å². The van der Waals surface area contributed by atoms with Gasteiger partial charge < -0.3 is 15.0 Å². The molecular weight excluding hydrogens is 314 g/mol. The van der Waals surface area contributed by atoms with Crippen molar-refractivity contribution in [3.63, 3.8) is 0 Å². The molecule has 5 nitrogen and oxygen atoms in total. The third-order valence-corrected chi connectivity index (χ3v) is 3.95. The summed E-state index contributed by atoms with van der Waals surface area (Å²) in [5.74, 6) is 1.14. The van der Waals surface area contributed by atoms with Gasteiger partial charge in [-0.15, -0.1) is 12.4 Å². The van der Waals surface area contributed by atoms with Gasteiger partial charge in [-0.2, -0.15) is 0 Å². The molecule has 1 fully saturated rings. The number of carbonyl (C=O) groups is 1. The standard InChI is InChI=1S/C17H27N3O2.ClH/c1-14-4-5-15(2)16(12-14)22-11-10-19(3)13-17(21)20-8-6-18-7-9-20;/h4-5,12,18H,6-11,13H2,1-3H3;1H. The van der Waals surface area contributed by atoms with Gasteiger partial charge in [0, 0.05) is 32.7 Å². The van der Waals surface area contributed by atoms with Gasteiger partial charge in [0.2, 0.25) is 5.91 Å². The van der Waals surface area contributed by atoms with Crippen molar-refractivity contribution in [3.05, 3.63) is 29.3 Å². The molecule has 0 spiro atoms. The number of aryl methyl sites for hydroxylation is 2. The highest BCUT2D eigenvalue weighted by atomic mass is 35.5.